The number of rotatable bonds is 8. The van der Waals surface area contributed by atoms with Crippen LogP contribution in [0.25, 0.3) is 10.8 Å². The van der Waals surface area contributed by atoms with Gasteiger partial charge in [0.05, 0.1) is 6.54 Å². The molecule has 0 unspecified atom stereocenters. The molecule has 0 heterocycles. The summed E-state index contributed by atoms with van der Waals surface area (Å²) < 4.78 is 0. The highest BCUT2D eigenvalue weighted by Crippen LogP contribution is 2.15. The molecule has 0 radical (unpaired) electrons. The molecular formula is C19H23N3O3. The topological polar surface area (TPSA) is 87.3 Å². The van der Waals surface area contributed by atoms with E-state index in [-0.39, 0.29) is 37.2 Å². The number of hydrogen-bond acceptors (Lipinski definition) is 3. The molecule has 2 aromatic carbocycles. The first-order valence-corrected chi connectivity index (χ1v) is 8.40. The van der Waals surface area contributed by atoms with Crippen molar-refractivity contribution in [3.63, 3.8) is 0 Å². The second kappa shape index (κ2) is 9.42. The van der Waals surface area contributed by atoms with Gasteiger partial charge in [-0.05, 0) is 29.3 Å². The van der Waals surface area contributed by atoms with E-state index in [9.17, 15) is 14.4 Å². The largest absolute Gasteiger partial charge is 0.355 e. The summed E-state index contributed by atoms with van der Waals surface area (Å²) in [5.74, 6) is -0.708. The zero-order valence-electron chi connectivity index (χ0n) is 14.3. The van der Waals surface area contributed by atoms with Gasteiger partial charge >= 0.3 is 0 Å². The van der Waals surface area contributed by atoms with Crippen molar-refractivity contribution in [1.82, 2.24) is 16.0 Å². The van der Waals surface area contributed by atoms with Crippen LogP contribution in [0.2, 0.25) is 0 Å². The maximum Gasteiger partial charge on any atom is 0.251 e. The summed E-state index contributed by atoms with van der Waals surface area (Å²) in [5.41, 5.74) is 0.554. The third kappa shape index (κ3) is 5.91. The van der Waals surface area contributed by atoms with Crippen LogP contribution in [0.1, 0.15) is 30.1 Å². The highest BCUT2D eigenvalue weighted by molar-refractivity contribution is 5.98. The van der Waals surface area contributed by atoms with Gasteiger partial charge in [0.2, 0.25) is 11.8 Å². The zero-order chi connectivity index (χ0) is 18.1. The predicted octanol–water partition coefficient (Wildman–Crippen LogP) is 1.60. The Bertz CT molecular complexity index is 758. The molecule has 0 atom stereocenters. The molecule has 2 aromatic rings. The normalized spacial score (nSPS) is 10.3. The molecule has 2 rings (SSSR count). The summed E-state index contributed by atoms with van der Waals surface area (Å²) in [6, 6.07) is 13.3. The molecule has 0 aliphatic carbocycles. The molecule has 0 fully saturated rings. The van der Waals surface area contributed by atoms with E-state index in [0.29, 0.717) is 12.1 Å². The summed E-state index contributed by atoms with van der Waals surface area (Å²) >= 11 is 0. The molecule has 0 aromatic heterocycles. The summed E-state index contributed by atoms with van der Waals surface area (Å²) in [7, 11) is 0. The van der Waals surface area contributed by atoms with Gasteiger partial charge in [0.1, 0.15) is 0 Å². The maximum atomic E-state index is 12.1. The first kappa shape index (κ1) is 18.4. The van der Waals surface area contributed by atoms with Gasteiger partial charge < -0.3 is 16.0 Å². The minimum absolute atomic E-state index is 0.0442. The Balaban J connectivity index is 1.74. The fraction of sp³-hybridized carbons (Fsp3) is 0.316. The molecule has 0 aliphatic rings. The van der Waals surface area contributed by atoms with E-state index < -0.39 is 0 Å². The zero-order valence-corrected chi connectivity index (χ0v) is 14.3. The van der Waals surface area contributed by atoms with Crippen molar-refractivity contribution >= 4 is 28.5 Å². The van der Waals surface area contributed by atoms with Crippen LogP contribution in [0.3, 0.4) is 0 Å². The number of carbonyl (C=O) groups excluding carboxylic acids is 3. The average molecular weight is 341 g/mol. The number of nitrogens with one attached hydrogen (secondary N) is 3. The van der Waals surface area contributed by atoms with Crippen molar-refractivity contribution in [2.75, 3.05) is 19.6 Å². The number of amides is 3. The molecule has 3 amide bonds. The summed E-state index contributed by atoms with van der Waals surface area (Å²) in [6.45, 7) is 2.72. The first-order chi connectivity index (χ1) is 12.1. The molecule has 25 heavy (non-hydrogen) atoms. The molecular weight excluding hydrogens is 318 g/mol. The van der Waals surface area contributed by atoms with Crippen LogP contribution >= 0.6 is 0 Å². The Morgan fingerprint density at radius 3 is 2.36 bits per heavy atom. The van der Waals surface area contributed by atoms with Crippen molar-refractivity contribution < 1.29 is 14.4 Å². The van der Waals surface area contributed by atoms with E-state index in [1.165, 1.54) is 0 Å². The van der Waals surface area contributed by atoms with Gasteiger partial charge in [-0.3, -0.25) is 14.4 Å². The second-order valence-electron chi connectivity index (χ2n) is 5.69. The first-order valence-electron chi connectivity index (χ1n) is 8.40. The molecule has 3 N–H and O–H groups in total. The van der Waals surface area contributed by atoms with Crippen LogP contribution in [-0.2, 0) is 9.59 Å². The summed E-state index contributed by atoms with van der Waals surface area (Å²) in [5, 5.41) is 9.98. The van der Waals surface area contributed by atoms with Gasteiger partial charge in [0.25, 0.3) is 5.91 Å². The Hall–Kier alpha value is -2.89. The van der Waals surface area contributed by atoms with Gasteiger partial charge in [0.15, 0.2) is 0 Å². The summed E-state index contributed by atoms with van der Waals surface area (Å²) in [6.07, 6.45) is 0.973. The van der Waals surface area contributed by atoms with Crippen LogP contribution in [0.15, 0.2) is 42.5 Å². The number of fused-ring (bicyclic) bond motifs is 1. The fourth-order valence-electron chi connectivity index (χ4n) is 2.32. The quantitative estimate of drug-likeness (QED) is 0.681. The van der Waals surface area contributed by atoms with Crippen LogP contribution in [0, 0.1) is 0 Å². The molecule has 0 saturated carbocycles. The van der Waals surface area contributed by atoms with Crippen molar-refractivity contribution in [1.29, 1.82) is 0 Å². The standard InChI is InChI=1S/C19H23N3O3/c1-2-10-20-18(24)13-22-17(23)9-11-21-19(25)16-8-7-14-5-3-4-6-15(14)12-16/h3-8,12H,2,9-11,13H2,1H3,(H,20,24)(H,21,25)(H,22,23). The van der Waals surface area contributed by atoms with Crippen molar-refractivity contribution in [3.05, 3.63) is 48.0 Å². The lowest BCUT2D eigenvalue weighted by atomic mass is 10.1. The predicted molar refractivity (Wildman–Crippen MR) is 97.2 cm³/mol. The van der Waals surface area contributed by atoms with E-state index in [1.807, 2.05) is 43.3 Å². The average Bonchev–Trinajstić information content (AvgIpc) is 2.64. The van der Waals surface area contributed by atoms with E-state index in [4.69, 9.17) is 0 Å². The third-order valence-corrected chi connectivity index (χ3v) is 3.67. The monoisotopic (exact) mass is 341 g/mol. The lowest BCUT2D eigenvalue weighted by molar-refractivity contribution is -0.126. The molecule has 6 nitrogen and oxygen atoms in total. The smallest absolute Gasteiger partial charge is 0.251 e. The lowest BCUT2D eigenvalue weighted by Crippen LogP contribution is -2.38. The van der Waals surface area contributed by atoms with Crippen LogP contribution in [-0.4, -0.2) is 37.4 Å². The molecule has 6 heteroatoms. The second-order valence-corrected chi connectivity index (χ2v) is 5.69. The Kier molecular flexibility index (Phi) is 6.95. The minimum Gasteiger partial charge on any atom is -0.355 e. The fourth-order valence-corrected chi connectivity index (χ4v) is 2.32. The SMILES string of the molecule is CCCNC(=O)CNC(=O)CCNC(=O)c1ccc2ccccc2c1. The molecule has 0 saturated heterocycles. The number of benzene rings is 2. The Morgan fingerprint density at radius 1 is 0.840 bits per heavy atom. The molecule has 132 valence electrons. The highest BCUT2D eigenvalue weighted by Gasteiger charge is 2.08. The van der Waals surface area contributed by atoms with Gasteiger partial charge in [-0.1, -0.05) is 37.3 Å². The van der Waals surface area contributed by atoms with Gasteiger partial charge in [-0.25, -0.2) is 0 Å². The maximum absolute atomic E-state index is 12.1. The van der Waals surface area contributed by atoms with Gasteiger partial charge in [0, 0.05) is 25.1 Å². The number of carbonyl (C=O) groups is 3. The van der Waals surface area contributed by atoms with Gasteiger partial charge in [-0.15, -0.1) is 0 Å². The van der Waals surface area contributed by atoms with E-state index in [0.717, 1.165) is 17.2 Å². The summed E-state index contributed by atoms with van der Waals surface area (Å²) in [4.78, 5) is 35.2. The van der Waals surface area contributed by atoms with E-state index >= 15 is 0 Å². The minimum atomic E-state index is -0.273. The third-order valence-electron chi connectivity index (χ3n) is 3.67. The van der Waals surface area contributed by atoms with Crippen LogP contribution in [0.4, 0.5) is 0 Å². The van der Waals surface area contributed by atoms with Gasteiger partial charge in [-0.2, -0.15) is 0 Å². The van der Waals surface area contributed by atoms with Crippen molar-refractivity contribution in [2.45, 2.75) is 19.8 Å². The Morgan fingerprint density at radius 2 is 1.60 bits per heavy atom. The van der Waals surface area contributed by atoms with Crippen LogP contribution in [0.5, 0.6) is 0 Å². The number of hydrogen-bond donors (Lipinski definition) is 3. The van der Waals surface area contributed by atoms with E-state index in [1.54, 1.807) is 6.07 Å². The van der Waals surface area contributed by atoms with Crippen LogP contribution < -0.4 is 16.0 Å². The molecule has 0 spiro atoms. The van der Waals surface area contributed by atoms with Crippen molar-refractivity contribution in [2.24, 2.45) is 0 Å². The molecule has 0 bridgehead atoms. The molecule has 0 aliphatic heterocycles. The highest BCUT2D eigenvalue weighted by atomic mass is 16.2. The van der Waals surface area contributed by atoms with E-state index in [2.05, 4.69) is 16.0 Å². The lowest BCUT2D eigenvalue weighted by Gasteiger charge is -2.08. The van der Waals surface area contributed by atoms with Crippen molar-refractivity contribution in [3.8, 4) is 0 Å². The Labute approximate surface area is 147 Å².